The molecule has 0 bridgehead atoms. The fourth-order valence-electron chi connectivity index (χ4n) is 11.5. The molecule has 0 unspecified atom stereocenters. The maximum atomic E-state index is 5.13. The lowest BCUT2D eigenvalue weighted by molar-refractivity contribution is 0.616. The Morgan fingerprint density at radius 1 is 0.381 bits per heavy atom. The minimum Gasteiger partial charge on any atom is -0.172 e. The average molecular weight is 970 g/mol. The Hall–Kier alpha value is -1.73. The van der Waals surface area contributed by atoms with Crippen LogP contribution in [0.25, 0.3) is 51.4 Å². The van der Waals surface area contributed by atoms with Gasteiger partial charge in [-0.1, -0.05) is 206 Å². The summed E-state index contributed by atoms with van der Waals surface area (Å²) in [6.07, 6.45) is 33.2. The normalized spacial score (nSPS) is 14.5. The maximum Gasteiger partial charge on any atom is 0.122 e. The van der Waals surface area contributed by atoms with Gasteiger partial charge in [0.2, 0.25) is 0 Å². The molecule has 0 atom stereocenters. The van der Waals surface area contributed by atoms with Crippen molar-refractivity contribution in [1.29, 1.82) is 0 Å². The van der Waals surface area contributed by atoms with Crippen LogP contribution >= 0.6 is 57.1 Å². The highest BCUT2D eigenvalue weighted by Gasteiger charge is 2.48. The molecule has 0 fully saturated rings. The highest BCUT2D eigenvalue weighted by molar-refractivity contribution is 7.31. The van der Waals surface area contributed by atoms with Crippen molar-refractivity contribution in [3.8, 4) is 40.4 Å². The molecule has 0 amide bonds. The van der Waals surface area contributed by atoms with Gasteiger partial charge in [-0.05, 0) is 67.8 Å². The molecule has 9 heteroatoms. The van der Waals surface area contributed by atoms with Gasteiger partial charge < -0.3 is 0 Å². The van der Waals surface area contributed by atoms with Crippen molar-refractivity contribution in [1.82, 2.24) is 8.75 Å². The van der Waals surface area contributed by atoms with Crippen molar-refractivity contribution < 1.29 is 0 Å². The molecule has 1 aromatic carbocycles. The van der Waals surface area contributed by atoms with E-state index in [2.05, 4.69) is 97.5 Å². The fourth-order valence-corrected chi connectivity index (χ4v) is 30.6. The van der Waals surface area contributed by atoms with Crippen LogP contribution in [0.1, 0.15) is 182 Å². The summed E-state index contributed by atoms with van der Waals surface area (Å²) in [4.78, 5) is 9.30. The van der Waals surface area contributed by atoms with Crippen LogP contribution in [0.15, 0.2) is 47.2 Å². The topological polar surface area (TPSA) is 25.8 Å². The monoisotopic (exact) mass is 968 g/mol. The van der Waals surface area contributed by atoms with E-state index >= 15 is 0 Å². The highest BCUT2D eigenvalue weighted by atomic mass is 32.1. The third-order valence-corrected chi connectivity index (χ3v) is 31.4. The zero-order valence-corrected chi connectivity index (χ0v) is 45.4. The molecule has 0 radical (unpaired) electrons. The van der Waals surface area contributed by atoms with Gasteiger partial charge in [0.1, 0.15) is 27.2 Å². The van der Waals surface area contributed by atoms with Gasteiger partial charge in [-0.25, -0.2) is 0 Å². The van der Waals surface area contributed by atoms with E-state index in [4.69, 9.17) is 8.75 Å². The number of aromatic nitrogens is 2. The third kappa shape index (κ3) is 10.3. The zero-order valence-electron chi connectivity index (χ0n) is 39.4. The van der Waals surface area contributed by atoms with Gasteiger partial charge in [-0.3, -0.25) is 0 Å². The van der Waals surface area contributed by atoms with Crippen LogP contribution in [0.2, 0.25) is 24.2 Å². The molecule has 0 N–H and O–H groups in total. The molecule has 0 aliphatic carbocycles. The first-order valence-corrected chi connectivity index (χ1v) is 34.8. The number of rotatable bonds is 30. The van der Waals surface area contributed by atoms with Crippen LogP contribution < -0.4 is 20.7 Å². The van der Waals surface area contributed by atoms with E-state index in [0.29, 0.717) is 0 Å². The van der Waals surface area contributed by atoms with E-state index in [0.717, 1.165) is 11.0 Å². The molecule has 7 heterocycles. The first kappa shape index (κ1) is 47.8. The van der Waals surface area contributed by atoms with Gasteiger partial charge in [-0.15, -0.1) is 45.3 Å². The Morgan fingerprint density at radius 2 is 0.714 bits per heavy atom. The minimum atomic E-state index is -1.87. The van der Waals surface area contributed by atoms with E-state index in [1.807, 2.05) is 22.7 Å². The molecule has 0 saturated heterocycles. The molecule has 6 aromatic rings. The van der Waals surface area contributed by atoms with Crippen LogP contribution in [0.4, 0.5) is 0 Å². The summed E-state index contributed by atoms with van der Waals surface area (Å²) in [5.41, 5.74) is 4.86. The van der Waals surface area contributed by atoms with E-state index in [9.17, 15) is 0 Å². The van der Waals surface area contributed by atoms with E-state index in [1.54, 1.807) is 40.3 Å². The summed E-state index contributed by atoms with van der Waals surface area (Å²) in [5.74, 6) is 0. The fraction of sp³-hybridized carbons (Fsp3) is 0.593. The maximum absolute atomic E-state index is 5.13. The number of thiophene rings is 4. The largest absolute Gasteiger partial charge is 0.172 e. The zero-order chi connectivity index (χ0) is 43.5. The van der Waals surface area contributed by atoms with Crippen molar-refractivity contribution in [2.75, 3.05) is 0 Å². The van der Waals surface area contributed by atoms with Crippen LogP contribution in [0.3, 0.4) is 0 Å². The SMILES string of the molecule is CCCCCCCC[Si]1(CCCCCCCC)c2ccsc2-c2sc(-c3ccc(-c4cc5c(s4)-c4sccc4[Si]5(CCCCCCCC)CCCCCCCC)c4nsnc34)cc21. The Bertz CT molecular complexity index is 2130. The summed E-state index contributed by atoms with van der Waals surface area (Å²) in [5, 5.41) is 11.9. The Kier molecular flexibility index (Phi) is 17.7. The van der Waals surface area contributed by atoms with Crippen LogP contribution in [0, 0.1) is 0 Å². The summed E-state index contributed by atoms with van der Waals surface area (Å²) >= 11 is 9.61. The molecule has 2 aliphatic rings. The van der Waals surface area contributed by atoms with E-state index in [1.165, 1.54) is 211 Å². The van der Waals surface area contributed by atoms with Crippen LogP contribution in [0.5, 0.6) is 0 Å². The van der Waals surface area contributed by atoms with E-state index < -0.39 is 16.1 Å². The molecule has 8 rings (SSSR count). The summed E-state index contributed by atoms with van der Waals surface area (Å²) in [6, 6.07) is 21.1. The van der Waals surface area contributed by atoms with Crippen molar-refractivity contribution in [2.45, 2.75) is 206 Å². The molecule has 0 saturated carbocycles. The third-order valence-electron chi connectivity index (χ3n) is 15.0. The second-order valence-electron chi connectivity index (χ2n) is 19.4. The Balaban J connectivity index is 1.10. The molecule has 0 spiro atoms. The standard InChI is InChI=1S/C54H76N2S5Si2/c1-5-9-13-17-21-25-35-62(36-26-22-18-14-10-6-2)45-31-33-57-51(45)53-47(62)39-43(59-53)41-29-30-42(50-49(41)55-61-56-50)44-40-48-54(60-44)52-46(32-34-58-52)63(48,37-27-23-19-15-11-7-3)38-28-24-20-16-12-8-4/h29-34,39-40H,5-28,35-38H2,1-4H3. The summed E-state index contributed by atoms with van der Waals surface area (Å²) in [6.45, 7) is 9.36. The summed E-state index contributed by atoms with van der Waals surface area (Å²) in [7, 11) is -3.73. The number of hydrogen-bond donors (Lipinski definition) is 0. The van der Waals surface area contributed by atoms with Crippen molar-refractivity contribution in [3.63, 3.8) is 0 Å². The lowest BCUT2D eigenvalue weighted by Gasteiger charge is -2.29. The van der Waals surface area contributed by atoms with Gasteiger partial charge in [0.05, 0.1) is 11.7 Å². The second kappa shape index (κ2) is 23.3. The molecule has 2 nitrogen and oxygen atoms in total. The Morgan fingerprint density at radius 3 is 1.06 bits per heavy atom. The quantitative estimate of drug-likeness (QED) is 0.0332. The molecular formula is C54H76N2S5Si2. The number of fused-ring (bicyclic) bond motifs is 7. The molecular weight excluding hydrogens is 893 g/mol. The predicted octanol–water partition coefficient (Wildman–Crippen LogP) is 17.8. The van der Waals surface area contributed by atoms with Gasteiger partial charge in [0.25, 0.3) is 0 Å². The van der Waals surface area contributed by atoms with E-state index in [-0.39, 0.29) is 0 Å². The lowest BCUT2D eigenvalue weighted by atomic mass is 10.1. The van der Waals surface area contributed by atoms with Gasteiger partial charge in [0.15, 0.2) is 0 Å². The molecule has 340 valence electrons. The predicted molar refractivity (Wildman–Crippen MR) is 293 cm³/mol. The lowest BCUT2D eigenvalue weighted by Crippen LogP contribution is -2.54. The molecule has 63 heavy (non-hydrogen) atoms. The first-order valence-electron chi connectivity index (χ1n) is 25.8. The minimum absolute atomic E-state index is 1.12. The second-order valence-corrected chi connectivity index (χ2v) is 32.3. The number of benzene rings is 1. The Labute approximate surface area is 404 Å². The van der Waals surface area contributed by atoms with Gasteiger partial charge >= 0.3 is 0 Å². The van der Waals surface area contributed by atoms with Gasteiger partial charge in [-0.2, -0.15) is 8.75 Å². The smallest absolute Gasteiger partial charge is 0.122 e. The highest BCUT2D eigenvalue weighted by Crippen LogP contribution is 2.48. The van der Waals surface area contributed by atoms with Crippen molar-refractivity contribution in [2.24, 2.45) is 0 Å². The average Bonchev–Trinajstić information content (AvgIpc) is 4.16. The number of unbranched alkanes of at least 4 members (excludes halogenated alkanes) is 20. The molecule has 5 aromatic heterocycles. The van der Waals surface area contributed by atoms with Gasteiger partial charge in [0, 0.05) is 40.4 Å². The van der Waals surface area contributed by atoms with Crippen LogP contribution in [-0.4, -0.2) is 24.9 Å². The van der Waals surface area contributed by atoms with Crippen molar-refractivity contribution >= 4 is 105 Å². The first-order chi connectivity index (χ1) is 31.1. The molecule has 2 aliphatic heterocycles. The van der Waals surface area contributed by atoms with Crippen molar-refractivity contribution in [3.05, 3.63) is 47.2 Å². The summed E-state index contributed by atoms with van der Waals surface area (Å²) < 4.78 is 10.3. The number of nitrogens with zero attached hydrogens (tertiary/aromatic N) is 2. The number of hydrogen-bond acceptors (Lipinski definition) is 7. The van der Waals surface area contributed by atoms with Crippen LogP contribution in [-0.2, 0) is 0 Å².